The highest BCUT2D eigenvalue weighted by Gasteiger charge is 2.14. The van der Waals surface area contributed by atoms with Crippen LogP contribution in [0.25, 0.3) is 16.6 Å². The highest BCUT2D eigenvalue weighted by atomic mass is 15.4. The van der Waals surface area contributed by atoms with Gasteiger partial charge in [0.1, 0.15) is 0 Å². The Morgan fingerprint density at radius 1 is 0.923 bits per heavy atom. The van der Waals surface area contributed by atoms with Crippen molar-refractivity contribution in [2.75, 3.05) is 5.32 Å². The maximum absolute atomic E-state index is 4.57. The third-order valence-corrected chi connectivity index (χ3v) is 4.53. The molecule has 0 saturated carbocycles. The van der Waals surface area contributed by atoms with E-state index in [1.165, 1.54) is 5.56 Å². The first-order valence-electron chi connectivity index (χ1n) is 8.81. The number of aryl methyl sites for hydroxylation is 3. The van der Waals surface area contributed by atoms with Gasteiger partial charge in [-0.3, -0.25) is 0 Å². The van der Waals surface area contributed by atoms with Gasteiger partial charge in [-0.05, 0) is 38.0 Å². The predicted molar refractivity (Wildman–Crippen MR) is 105 cm³/mol. The second kappa shape index (κ2) is 6.59. The maximum Gasteiger partial charge on any atom is 0.183 e. The zero-order valence-electron chi connectivity index (χ0n) is 15.2. The number of nitrogens with one attached hydrogen (secondary N) is 1. The first kappa shape index (κ1) is 16.3. The minimum absolute atomic E-state index is 0.750. The lowest BCUT2D eigenvalue weighted by atomic mass is 10.1. The lowest BCUT2D eigenvalue weighted by Crippen LogP contribution is -2.07. The molecule has 5 heteroatoms. The largest absolute Gasteiger partial charge is 0.338 e. The Morgan fingerprint density at radius 2 is 1.65 bits per heavy atom. The molecule has 26 heavy (non-hydrogen) atoms. The summed E-state index contributed by atoms with van der Waals surface area (Å²) in [6.45, 7) is 6.16. The molecular formula is C21H21N5. The molecule has 0 aliphatic heterocycles. The molecule has 0 aliphatic carbocycles. The minimum atomic E-state index is 0.750. The van der Waals surface area contributed by atoms with E-state index in [1.54, 1.807) is 0 Å². The fourth-order valence-electron chi connectivity index (χ4n) is 3.26. The van der Waals surface area contributed by atoms with E-state index < -0.39 is 0 Å². The number of hydrogen-bond donors (Lipinski definition) is 1. The number of aromatic nitrogens is 4. The number of para-hydroxylation sites is 1. The summed E-state index contributed by atoms with van der Waals surface area (Å²) in [5, 5.41) is 19.0. The Morgan fingerprint density at radius 3 is 2.38 bits per heavy atom. The Bertz CT molecular complexity index is 1080. The van der Waals surface area contributed by atoms with Crippen molar-refractivity contribution in [3.63, 3.8) is 0 Å². The fourth-order valence-corrected chi connectivity index (χ4v) is 3.26. The van der Waals surface area contributed by atoms with Gasteiger partial charge in [-0.25, -0.2) is 4.68 Å². The van der Waals surface area contributed by atoms with E-state index >= 15 is 0 Å². The molecule has 4 rings (SSSR count). The molecule has 0 radical (unpaired) electrons. The van der Waals surface area contributed by atoms with Gasteiger partial charge in [0.05, 0.1) is 5.69 Å². The molecule has 1 N–H and O–H groups in total. The van der Waals surface area contributed by atoms with E-state index in [4.69, 9.17) is 0 Å². The summed E-state index contributed by atoms with van der Waals surface area (Å²) in [6.07, 6.45) is 0.957. The number of fused-ring (bicyclic) bond motifs is 1. The average molecular weight is 343 g/mol. The van der Waals surface area contributed by atoms with Gasteiger partial charge in [0.2, 0.25) is 0 Å². The average Bonchev–Trinajstić information content (AvgIpc) is 3.00. The van der Waals surface area contributed by atoms with Gasteiger partial charge in [-0.2, -0.15) is 5.10 Å². The second-order valence-corrected chi connectivity index (χ2v) is 6.39. The van der Waals surface area contributed by atoms with E-state index in [2.05, 4.69) is 57.9 Å². The van der Waals surface area contributed by atoms with E-state index in [9.17, 15) is 0 Å². The normalized spacial score (nSPS) is 11.0. The van der Waals surface area contributed by atoms with Crippen LogP contribution in [0, 0.1) is 13.8 Å². The van der Waals surface area contributed by atoms with Crippen molar-refractivity contribution in [1.82, 2.24) is 20.0 Å². The van der Waals surface area contributed by atoms with Crippen LogP contribution in [0.2, 0.25) is 0 Å². The molecule has 0 saturated heterocycles. The highest BCUT2D eigenvalue weighted by molar-refractivity contribution is 5.97. The van der Waals surface area contributed by atoms with Crippen molar-refractivity contribution in [3.8, 4) is 5.82 Å². The van der Waals surface area contributed by atoms with Gasteiger partial charge < -0.3 is 5.32 Å². The summed E-state index contributed by atoms with van der Waals surface area (Å²) in [5.41, 5.74) is 4.32. The van der Waals surface area contributed by atoms with Crippen LogP contribution in [0.3, 0.4) is 0 Å². The smallest absolute Gasteiger partial charge is 0.183 e. The zero-order chi connectivity index (χ0) is 18.1. The summed E-state index contributed by atoms with van der Waals surface area (Å²) in [6, 6.07) is 18.5. The van der Waals surface area contributed by atoms with Crippen molar-refractivity contribution in [2.45, 2.75) is 27.2 Å². The quantitative estimate of drug-likeness (QED) is 0.581. The number of benzene rings is 2. The van der Waals surface area contributed by atoms with Crippen molar-refractivity contribution in [2.24, 2.45) is 0 Å². The van der Waals surface area contributed by atoms with Crippen molar-refractivity contribution in [1.29, 1.82) is 0 Å². The van der Waals surface area contributed by atoms with Crippen LogP contribution in [-0.2, 0) is 6.42 Å². The van der Waals surface area contributed by atoms with Crippen molar-refractivity contribution >= 4 is 22.3 Å². The Labute approximate surface area is 152 Å². The lowest BCUT2D eigenvalue weighted by molar-refractivity contribution is 0.792. The monoisotopic (exact) mass is 343 g/mol. The fraction of sp³-hybridized carbons (Fsp3) is 0.190. The molecule has 0 atom stereocenters. The Kier molecular flexibility index (Phi) is 4.13. The summed E-state index contributed by atoms with van der Waals surface area (Å²) in [7, 11) is 0. The van der Waals surface area contributed by atoms with Crippen molar-refractivity contribution < 1.29 is 0 Å². The molecule has 130 valence electrons. The molecular weight excluding hydrogens is 322 g/mol. The molecule has 0 unspecified atom stereocenters. The number of nitrogens with zero attached hydrogens (tertiary/aromatic N) is 4. The van der Waals surface area contributed by atoms with E-state index in [0.717, 1.165) is 45.9 Å². The SMILES string of the molecule is CCc1ccccc1Nc1nnc(-n2nc(C)cc2C)c2ccccc12. The first-order chi connectivity index (χ1) is 12.7. The van der Waals surface area contributed by atoms with Crippen LogP contribution in [0.5, 0.6) is 0 Å². The van der Waals surface area contributed by atoms with Gasteiger partial charge in [-0.15, -0.1) is 10.2 Å². The van der Waals surface area contributed by atoms with Gasteiger partial charge in [0, 0.05) is 22.2 Å². The third-order valence-electron chi connectivity index (χ3n) is 4.53. The molecule has 2 heterocycles. The van der Waals surface area contributed by atoms with Crippen LogP contribution in [0.15, 0.2) is 54.6 Å². The predicted octanol–water partition coefficient (Wildman–Crippen LogP) is 4.74. The molecule has 4 aromatic rings. The van der Waals surface area contributed by atoms with E-state index in [1.807, 2.05) is 42.8 Å². The number of hydrogen-bond acceptors (Lipinski definition) is 4. The second-order valence-electron chi connectivity index (χ2n) is 6.39. The molecule has 2 aromatic carbocycles. The Balaban J connectivity index is 1.86. The first-order valence-corrected chi connectivity index (χ1v) is 8.81. The van der Waals surface area contributed by atoms with E-state index in [-0.39, 0.29) is 0 Å². The Hall–Kier alpha value is -3.21. The summed E-state index contributed by atoms with van der Waals surface area (Å²) in [4.78, 5) is 0. The molecule has 0 bridgehead atoms. The molecule has 0 fully saturated rings. The van der Waals surface area contributed by atoms with E-state index in [0.29, 0.717) is 0 Å². The van der Waals surface area contributed by atoms with Gasteiger partial charge in [-0.1, -0.05) is 49.4 Å². The molecule has 0 aliphatic rings. The van der Waals surface area contributed by atoms with Crippen LogP contribution in [0.4, 0.5) is 11.5 Å². The topological polar surface area (TPSA) is 55.6 Å². The molecule has 5 nitrogen and oxygen atoms in total. The van der Waals surface area contributed by atoms with Crippen LogP contribution in [0.1, 0.15) is 23.9 Å². The summed E-state index contributed by atoms with van der Waals surface area (Å²) >= 11 is 0. The summed E-state index contributed by atoms with van der Waals surface area (Å²) in [5.74, 6) is 1.51. The third kappa shape index (κ3) is 2.81. The minimum Gasteiger partial charge on any atom is -0.338 e. The molecule has 0 spiro atoms. The van der Waals surface area contributed by atoms with Crippen molar-refractivity contribution in [3.05, 3.63) is 71.5 Å². The highest BCUT2D eigenvalue weighted by Crippen LogP contribution is 2.29. The zero-order valence-corrected chi connectivity index (χ0v) is 15.2. The van der Waals surface area contributed by atoms with Crippen LogP contribution >= 0.6 is 0 Å². The lowest BCUT2D eigenvalue weighted by Gasteiger charge is -2.13. The molecule has 2 aromatic heterocycles. The van der Waals surface area contributed by atoms with Crippen LogP contribution < -0.4 is 5.32 Å². The van der Waals surface area contributed by atoms with Crippen LogP contribution in [-0.4, -0.2) is 20.0 Å². The summed E-state index contributed by atoms with van der Waals surface area (Å²) < 4.78 is 1.86. The number of anilines is 2. The standard InChI is InChI=1S/C21H21N5/c1-4-16-9-5-8-12-19(16)22-20-17-10-6-7-11-18(17)21(24-23-20)26-15(3)13-14(2)25-26/h5-13H,4H2,1-3H3,(H,22,23). The van der Waals surface area contributed by atoms with Gasteiger partial charge in [0.15, 0.2) is 11.6 Å². The van der Waals surface area contributed by atoms with Gasteiger partial charge >= 0.3 is 0 Å². The maximum atomic E-state index is 4.57. The molecule has 0 amide bonds. The number of rotatable bonds is 4. The van der Waals surface area contributed by atoms with Gasteiger partial charge in [0.25, 0.3) is 0 Å².